The molecular formula is C22H18N6O2. The lowest BCUT2D eigenvalue weighted by molar-refractivity contribution is -0.111. The van der Waals surface area contributed by atoms with Gasteiger partial charge in [0.15, 0.2) is 5.82 Å². The first-order valence-electron chi connectivity index (χ1n) is 9.19. The Balaban J connectivity index is 1.29. The highest BCUT2D eigenvalue weighted by atomic mass is 16.5. The van der Waals surface area contributed by atoms with E-state index in [9.17, 15) is 4.79 Å². The summed E-state index contributed by atoms with van der Waals surface area (Å²) in [7, 11) is 0. The molecule has 3 heterocycles. The Hall–Kier alpha value is -4.33. The minimum Gasteiger partial charge on any atom is -0.487 e. The van der Waals surface area contributed by atoms with Gasteiger partial charge in [-0.25, -0.2) is 14.6 Å². The van der Waals surface area contributed by atoms with Crippen LogP contribution in [0.5, 0.6) is 5.75 Å². The summed E-state index contributed by atoms with van der Waals surface area (Å²) < 4.78 is 7.24. The van der Waals surface area contributed by atoms with Gasteiger partial charge < -0.3 is 10.1 Å². The van der Waals surface area contributed by atoms with Gasteiger partial charge in [-0.2, -0.15) is 5.10 Å². The van der Waals surface area contributed by atoms with E-state index in [0.717, 1.165) is 17.0 Å². The number of carbonyl (C=O) groups excluding carboxylic acids is 1. The second-order valence-corrected chi connectivity index (χ2v) is 6.25. The maximum absolute atomic E-state index is 12.1. The first-order valence-corrected chi connectivity index (χ1v) is 9.19. The van der Waals surface area contributed by atoms with Crippen molar-refractivity contribution in [3.8, 4) is 11.6 Å². The Morgan fingerprint density at radius 3 is 2.67 bits per heavy atom. The second-order valence-electron chi connectivity index (χ2n) is 6.25. The molecular weight excluding hydrogens is 380 g/mol. The molecule has 0 saturated heterocycles. The van der Waals surface area contributed by atoms with Crippen molar-refractivity contribution >= 4 is 17.7 Å². The highest BCUT2D eigenvalue weighted by Gasteiger charge is 2.02. The van der Waals surface area contributed by atoms with E-state index < -0.39 is 0 Å². The van der Waals surface area contributed by atoms with Crippen molar-refractivity contribution in [1.29, 1.82) is 0 Å². The van der Waals surface area contributed by atoms with Crippen LogP contribution in [0.3, 0.4) is 0 Å². The van der Waals surface area contributed by atoms with E-state index in [2.05, 4.69) is 25.4 Å². The third kappa shape index (κ3) is 5.14. The van der Waals surface area contributed by atoms with Gasteiger partial charge in [0.25, 0.3) is 0 Å². The summed E-state index contributed by atoms with van der Waals surface area (Å²) in [5.74, 6) is 1.10. The molecule has 8 heteroatoms. The Labute approximate surface area is 172 Å². The minimum atomic E-state index is -0.249. The number of ether oxygens (including phenoxy) is 1. The van der Waals surface area contributed by atoms with Gasteiger partial charge in [-0.1, -0.05) is 18.2 Å². The molecule has 0 radical (unpaired) electrons. The highest BCUT2D eigenvalue weighted by molar-refractivity contribution is 6.01. The number of hydrogen-bond donors (Lipinski definition) is 1. The average molecular weight is 398 g/mol. The third-order valence-corrected chi connectivity index (χ3v) is 4.09. The van der Waals surface area contributed by atoms with Crippen molar-refractivity contribution < 1.29 is 9.53 Å². The van der Waals surface area contributed by atoms with Crippen LogP contribution in [0, 0.1) is 0 Å². The summed E-state index contributed by atoms with van der Waals surface area (Å²) in [6.45, 7) is 0.405. The van der Waals surface area contributed by atoms with Crippen LogP contribution in [0.15, 0.2) is 85.7 Å². The Morgan fingerprint density at radius 1 is 1.07 bits per heavy atom. The maximum atomic E-state index is 12.1. The molecule has 4 rings (SSSR count). The fourth-order valence-corrected chi connectivity index (χ4v) is 2.59. The molecule has 1 aromatic carbocycles. The van der Waals surface area contributed by atoms with Gasteiger partial charge in [0.05, 0.1) is 17.6 Å². The number of nitrogens with zero attached hydrogens (tertiary/aromatic N) is 5. The van der Waals surface area contributed by atoms with Gasteiger partial charge in [0, 0.05) is 12.3 Å². The van der Waals surface area contributed by atoms with Crippen molar-refractivity contribution in [2.45, 2.75) is 6.61 Å². The zero-order valence-electron chi connectivity index (χ0n) is 15.9. The van der Waals surface area contributed by atoms with Crippen molar-refractivity contribution in [3.63, 3.8) is 0 Å². The number of carbonyl (C=O) groups is 1. The molecule has 0 unspecified atom stereocenters. The van der Waals surface area contributed by atoms with Crippen LogP contribution in [0.25, 0.3) is 11.9 Å². The summed E-state index contributed by atoms with van der Waals surface area (Å²) >= 11 is 0. The lowest BCUT2D eigenvalue weighted by Gasteiger charge is -2.06. The van der Waals surface area contributed by atoms with E-state index >= 15 is 0 Å². The van der Waals surface area contributed by atoms with Crippen LogP contribution in [0.1, 0.15) is 11.3 Å². The smallest absolute Gasteiger partial charge is 0.248 e. The Morgan fingerprint density at radius 2 is 1.97 bits per heavy atom. The maximum Gasteiger partial charge on any atom is 0.248 e. The average Bonchev–Trinajstić information content (AvgIpc) is 3.33. The van der Waals surface area contributed by atoms with Gasteiger partial charge in [0.2, 0.25) is 5.91 Å². The number of pyridine rings is 2. The molecule has 1 amide bonds. The molecule has 0 aliphatic carbocycles. The molecule has 3 aromatic heterocycles. The van der Waals surface area contributed by atoms with Crippen LogP contribution in [-0.2, 0) is 11.4 Å². The number of benzene rings is 1. The van der Waals surface area contributed by atoms with E-state index in [1.165, 1.54) is 17.1 Å². The van der Waals surface area contributed by atoms with Crippen LogP contribution in [0.2, 0.25) is 0 Å². The molecule has 0 saturated carbocycles. The Bertz CT molecular complexity index is 1110. The van der Waals surface area contributed by atoms with Gasteiger partial charge in [-0.15, -0.1) is 0 Å². The summed E-state index contributed by atoms with van der Waals surface area (Å²) in [4.78, 5) is 24.5. The predicted octanol–water partition coefficient (Wildman–Crippen LogP) is 3.29. The van der Waals surface area contributed by atoms with Crippen molar-refractivity contribution in [3.05, 3.63) is 97.0 Å². The van der Waals surface area contributed by atoms with Gasteiger partial charge in [0.1, 0.15) is 25.0 Å². The van der Waals surface area contributed by atoms with Crippen molar-refractivity contribution in [2.75, 3.05) is 5.32 Å². The largest absolute Gasteiger partial charge is 0.487 e. The zero-order chi connectivity index (χ0) is 20.6. The van der Waals surface area contributed by atoms with Gasteiger partial charge >= 0.3 is 0 Å². The number of amides is 1. The standard InChI is InChI=1S/C22H18N6O2/c29-22(27-18-7-10-21(25-13-18)28-16-23-15-26-28)11-6-17-4-8-20(9-5-17)30-14-19-3-1-2-12-24-19/h1-13,15-16H,14H2,(H,27,29)/b11-6+. The third-order valence-electron chi connectivity index (χ3n) is 4.09. The lowest BCUT2D eigenvalue weighted by Crippen LogP contribution is -2.08. The van der Waals surface area contributed by atoms with Gasteiger partial charge in [-0.3, -0.25) is 9.78 Å². The summed E-state index contributed by atoms with van der Waals surface area (Å²) in [5, 5.41) is 6.78. The molecule has 4 aromatic rings. The van der Waals surface area contributed by atoms with Crippen LogP contribution < -0.4 is 10.1 Å². The van der Waals surface area contributed by atoms with Crippen molar-refractivity contribution in [2.24, 2.45) is 0 Å². The molecule has 148 valence electrons. The minimum absolute atomic E-state index is 0.249. The monoisotopic (exact) mass is 398 g/mol. The van der Waals surface area contributed by atoms with Gasteiger partial charge in [-0.05, 0) is 48.0 Å². The predicted molar refractivity (Wildman–Crippen MR) is 112 cm³/mol. The first-order chi connectivity index (χ1) is 14.8. The van der Waals surface area contributed by atoms with Crippen LogP contribution >= 0.6 is 0 Å². The van der Waals surface area contributed by atoms with E-state index in [0.29, 0.717) is 18.1 Å². The highest BCUT2D eigenvalue weighted by Crippen LogP contribution is 2.15. The summed E-state index contributed by atoms with van der Waals surface area (Å²) in [6.07, 6.45) is 9.49. The van der Waals surface area contributed by atoms with Crippen molar-refractivity contribution in [1.82, 2.24) is 24.7 Å². The molecule has 8 nitrogen and oxygen atoms in total. The molecule has 1 N–H and O–H groups in total. The molecule has 30 heavy (non-hydrogen) atoms. The topological polar surface area (TPSA) is 94.8 Å². The van der Waals surface area contributed by atoms with E-state index in [-0.39, 0.29) is 5.91 Å². The lowest BCUT2D eigenvalue weighted by atomic mass is 10.2. The normalized spacial score (nSPS) is 10.8. The Kier molecular flexibility index (Phi) is 5.86. The summed E-state index contributed by atoms with van der Waals surface area (Å²) in [6, 6.07) is 16.7. The van der Waals surface area contributed by atoms with E-state index in [4.69, 9.17) is 4.74 Å². The van der Waals surface area contributed by atoms with E-state index in [1.54, 1.807) is 36.9 Å². The second kappa shape index (κ2) is 9.24. The number of nitrogens with one attached hydrogen (secondary N) is 1. The number of aromatic nitrogens is 5. The molecule has 0 aliphatic heterocycles. The fourth-order valence-electron chi connectivity index (χ4n) is 2.59. The van der Waals surface area contributed by atoms with E-state index in [1.807, 2.05) is 42.5 Å². The summed E-state index contributed by atoms with van der Waals surface area (Å²) in [5.41, 5.74) is 2.34. The van der Waals surface area contributed by atoms with Crippen LogP contribution in [-0.4, -0.2) is 30.6 Å². The first kappa shape index (κ1) is 19.0. The molecule has 0 fully saturated rings. The number of anilines is 1. The number of rotatable bonds is 7. The SMILES string of the molecule is O=C(/C=C/c1ccc(OCc2ccccn2)cc1)Nc1ccc(-n2cncn2)nc1. The van der Waals surface area contributed by atoms with Crippen LogP contribution in [0.4, 0.5) is 5.69 Å². The zero-order valence-corrected chi connectivity index (χ0v) is 15.9. The molecule has 0 spiro atoms. The molecule has 0 atom stereocenters. The number of hydrogen-bond acceptors (Lipinski definition) is 6. The molecule has 0 aliphatic rings. The quantitative estimate of drug-likeness (QED) is 0.480. The fraction of sp³-hybridized carbons (Fsp3) is 0.0455. The molecule has 0 bridgehead atoms.